The summed E-state index contributed by atoms with van der Waals surface area (Å²) in [5.74, 6) is 0.914. The van der Waals surface area contributed by atoms with Gasteiger partial charge in [-0.2, -0.15) is 0 Å². The molecule has 2 nitrogen and oxygen atoms in total. The quantitative estimate of drug-likeness (QED) is 0.311. The summed E-state index contributed by atoms with van der Waals surface area (Å²) in [7, 11) is 1.75. The van der Waals surface area contributed by atoms with Crippen molar-refractivity contribution in [3.8, 4) is 5.75 Å². The molecule has 2 heteroatoms. The van der Waals surface area contributed by atoms with Crippen molar-refractivity contribution in [3.63, 3.8) is 0 Å². The summed E-state index contributed by atoms with van der Waals surface area (Å²) < 4.78 is 11.9. The zero-order valence-corrected chi connectivity index (χ0v) is 16.4. The molecule has 0 aliphatic heterocycles. The summed E-state index contributed by atoms with van der Waals surface area (Å²) in [5.41, 5.74) is 2.44. The van der Waals surface area contributed by atoms with Crippen LogP contribution in [0.5, 0.6) is 5.75 Å². The zero-order chi connectivity index (χ0) is 19.6. The molecule has 5 aromatic carbocycles. The lowest BCUT2D eigenvalue weighted by molar-refractivity contribution is 0.187. The van der Waals surface area contributed by atoms with Gasteiger partial charge in [-0.05, 0) is 38.6 Å². The average molecular weight is 378 g/mol. The Bertz CT molecular complexity index is 1260. The molecule has 0 N–H and O–H groups in total. The van der Waals surface area contributed by atoms with Gasteiger partial charge in [0.05, 0.1) is 6.61 Å². The summed E-state index contributed by atoms with van der Waals surface area (Å²) in [5, 5.41) is 7.22. The smallest absolute Gasteiger partial charge is 0.127 e. The molecule has 0 aliphatic carbocycles. The molecule has 0 saturated heterocycles. The molecule has 0 radical (unpaired) electrons. The molecule has 0 aromatic heterocycles. The Balaban J connectivity index is 1.67. The van der Waals surface area contributed by atoms with Crippen molar-refractivity contribution in [3.05, 3.63) is 102 Å². The van der Waals surface area contributed by atoms with Gasteiger partial charge in [-0.3, -0.25) is 0 Å². The van der Waals surface area contributed by atoms with Crippen molar-refractivity contribution in [1.29, 1.82) is 0 Å². The van der Waals surface area contributed by atoms with E-state index in [1.807, 2.05) is 6.07 Å². The molecular formula is C27H22O2. The Hall–Kier alpha value is -3.36. The van der Waals surface area contributed by atoms with Gasteiger partial charge in [0.2, 0.25) is 0 Å². The first-order chi connectivity index (χ1) is 14.4. The SMILES string of the molecule is COCc1c2ccccc2c(COc2cccc3ccccc23)c2ccccc12. The minimum Gasteiger partial charge on any atom is -0.488 e. The molecule has 0 aliphatic rings. The Kier molecular flexibility index (Phi) is 4.63. The minimum atomic E-state index is 0.516. The highest BCUT2D eigenvalue weighted by molar-refractivity contribution is 6.05. The van der Waals surface area contributed by atoms with E-state index in [0.717, 1.165) is 11.1 Å². The standard InChI is InChI=1S/C27H22O2/c1-28-17-25-21-12-4-6-14-23(21)26(24-15-7-5-13-22(24)25)18-29-27-16-8-10-19-9-2-3-11-20(19)27/h2-16H,17-18H2,1H3. The van der Waals surface area contributed by atoms with Gasteiger partial charge in [-0.15, -0.1) is 0 Å². The van der Waals surface area contributed by atoms with E-state index < -0.39 is 0 Å². The second-order valence-electron chi connectivity index (χ2n) is 7.25. The average Bonchev–Trinajstić information content (AvgIpc) is 2.78. The van der Waals surface area contributed by atoms with E-state index in [4.69, 9.17) is 9.47 Å². The van der Waals surface area contributed by atoms with Crippen LogP contribution >= 0.6 is 0 Å². The summed E-state index contributed by atoms with van der Waals surface area (Å²) in [4.78, 5) is 0. The number of fused-ring (bicyclic) bond motifs is 3. The van der Waals surface area contributed by atoms with E-state index in [-0.39, 0.29) is 0 Å². The van der Waals surface area contributed by atoms with Crippen molar-refractivity contribution in [2.45, 2.75) is 13.2 Å². The van der Waals surface area contributed by atoms with Crippen LogP contribution in [0.4, 0.5) is 0 Å². The van der Waals surface area contributed by atoms with Gasteiger partial charge in [0.25, 0.3) is 0 Å². The van der Waals surface area contributed by atoms with Crippen LogP contribution in [0.3, 0.4) is 0 Å². The molecule has 0 heterocycles. The fraction of sp³-hybridized carbons (Fsp3) is 0.111. The molecule has 142 valence electrons. The van der Waals surface area contributed by atoms with Crippen molar-refractivity contribution in [2.24, 2.45) is 0 Å². The van der Waals surface area contributed by atoms with E-state index in [1.54, 1.807) is 7.11 Å². The minimum absolute atomic E-state index is 0.516. The largest absolute Gasteiger partial charge is 0.488 e. The van der Waals surface area contributed by atoms with Gasteiger partial charge < -0.3 is 9.47 Å². The first-order valence-electron chi connectivity index (χ1n) is 9.87. The predicted octanol–water partition coefficient (Wildman–Crippen LogP) is 6.87. The van der Waals surface area contributed by atoms with Gasteiger partial charge in [-0.1, -0.05) is 84.9 Å². The maximum absolute atomic E-state index is 6.39. The highest BCUT2D eigenvalue weighted by Crippen LogP contribution is 2.35. The number of benzene rings is 5. The number of hydrogen-bond acceptors (Lipinski definition) is 2. The van der Waals surface area contributed by atoms with E-state index in [2.05, 4.69) is 84.9 Å². The molecular weight excluding hydrogens is 356 g/mol. The van der Waals surface area contributed by atoms with Crippen LogP contribution in [0.1, 0.15) is 11.1 Å². The van der Waals surface area contributed by atoms with Crippen LogP contribution in [0.15, 0.2) is 91.0 Å². The Morgan fingerprint density at radius 3 is 1.59 bits per heavy atom. The molecule has 29 heavy (non-hydrogen) atoms. The number of hydrogen-bond donors (Lipinski definition) is 0. The molecule has 0 amide bonds. The zero-order valence-electron chi connectivity index (χ0n) is 16.4. The van der Waals surface area contributed by atoms with E-state index >= 15 is 0 Å². The topological polar surface area (TPSA) is 18.5 Å². The molecule has 5 aromatic rings. The van der Waals surface area contributed by atoms with Crippen LogP contribution in [0.25, 0.3) is 32.3 Å². The fourth-order valence-corrected chi connectivity index (χ4v) is 4.24. The maximum atomic E-state index is 6.39. The fourth-order valence-electron chi connectivity index (χ4n) is 4.24. The molecule has 0 unspecified atom stereocenters. The third-order valence-electron chi connectivity index (χ3n) is 5.56. The van der Waals surface area contributed by atoms with Crippen molar-refractivity contribution in [2.75, 3.05) is 7.11 Å². The monoisotopic (exact) mass is 378 g/mol. The van der Waals surface area contributed by atoms with E-state index in [0.29, 0.717) is 13.2 Å². The lowest BCUT2D eigenvalue weighted by atomic mass is 9.92. The molecule has 0 atom stereocenters. The lowest BCUT2D eigenvalue weighted by Gasteiger charge is -2.17. The van der Waals surface area contributed by atoms with Gasteiger partial charge in [-0.25, -0.2) is 0 Å². The predicted molar refractivity (Wildman–Crippen MR) is 120 cm³/mol. The van der Waals surface area contributed by atoms with Crippen molar-refractivity contribution in [1.82, 2.24) is 0 Å². The summed E-state index contributed by atoms with van der Waals surface area (Å²) in [6, 6.07) is 31.6. The molecule has 0 bridgehead atoms. The van der Waals surface area contributed by atoms with Crippen molar-refractivity contribution < 1.29 is 9.47 Å². The Labute approximate surface area is 170 Å². The van der Waals surface area contributed by atoms with Gasteiger partial charge in [0.1, 0.15) is 12.4 Å². The van der Waals surface area contributed by atoms with Gasteiger partial charge in [0.15, 0.2) is 0 Å². The Morgan fingerprint density at radius 1 is 0.517 bits per heavy atom. The van der Waals surface area contributed by atoms with Crippen LogP contribution in [0, 0.1) is 0 Å². The van der Waals surface area contributed by atoms with Crippen LogP contribution in [-0.2, 0) is 18.0 Å². The molecule has 0 spiro atoms. The van der Waals surface area contributed by atoms with Crippen LogP contribution in [0.2, 0.25) is 0 Å². The number of methoxy groups -OCH3 is 1. The Morgan fingerprint density at radius 2 is 1.00 bits per heavy atom. The summed E-state index contributed by atoms with van der Waals surface area (Å²) in [6.07, 6.45) is 0. The third-order valence-corrected chi connectivity index (χ3v) is 5.56. The number of ether oxygens (including phenoxy) is 2. The first kappa shape index (κ1) is 17.7. The summed E-state index contributed by atoms with van der Waals surface area (Å²) in [6.45, 7) is 1.10. The van der Waals surface area contributed by atoms with Crippen LogP contribution in [-0.4, -0.2) is 7.11 Å². The highest BCUT2D eigenvalue weighted by Gasteiger charge is 2.14. The third kappa shape index (κ3) is 3.12. The van der Waals surface area contributed by atoms with E-state index in [1.165, 1.54) is 38.1 Å². The van der Waals surface area contributed by atoms with Gasteiger partial charge in [0, 0.05) is 18.1 Å². The van der Waals surface area contributed by atoms with E-state index in [9.17, 15) is 0 Å². The molecule has 5 rings (SSSR count). The lowest BCUT2D eigenvalue weighted by Crippen LogP contribution is -2.01. The maximum Gasteiger partial charge on any atom is 0.127 e. The van der Waals surface area contributed by atoms with Crippen molar-refractivity contribution >= 4 is 32.3 Å². The first-order valence-corrected chi connectivity index (χ1v) is 9.87. The second-order valence-corrected chi connectivity index (χ2v) is 7.25. The van der Waals surface area contributed by atoms with Gasteiger partial charge >= 0.3 is 0 Å². The number of rotatable bonds is 5. The summed E-state index contributed by atoms with van der Waals surface area (Å²) >= 11 is 0. The molecule has 0 saturated carbocycles. The normalized spacial score (nSPS) is 11.3. The second kappa shape index (κ2) is 7.57. The van der Waals surface area contributed by atoms with Crippen LogP contribution < -0.4 is 4.74 Å². The highest BCUT2D eigenvalue weighted by atomic mass is 16.5. The molecule has 0 fully saturated rings.